The van der Waals surface area contributed by atoms with Gasteiger partial charge in [-0.05, 0) is 30.5 Å². The number of anilines is 2. The Labute approximate surface area is 212 Å². The number of nitrogens with one attached hydrogen (secondary N) is 3. The van der Waals surface area contributed by atoms with Gasteiger partial charge in [-0.1, -0.05) is 19.9 Å². The van der Waals surface area contributed by atoms with Gasteiger partial charge in [0.25, 0.3) is 5.56 Å². The van der Waals surface area contributed by atoms with Gasteiger partial charge in [0.05, 0.1) is 17.8 Å². The number of H-pyrrole nitrogens is 1. The number of aromatic nitrogens is 5. The van der Waals surface area contributed by atoms with E-state index in [1.165, 1.54) is 6.20 Å². The van der Waals surface area contributed by atoms with Gasteiger partial charge in [-0.25, -0.2) is 23.1 Å². The molecule has 2 unspecified atom stereocenters. The predicted octanol–water partition coefficient (Wildman–Crippen LogP) is 4.21. The third-order valence-electron chi connectivity index (χ3n) is 5.34. The highest BCUT2D eigenvalue weighted by atomic mass is 19.3. The van der Waals surface area contributed by atoms with Crippen molar-refractivity contribution in [3.05, 3.63) is 69.8 Å². The van der Waals surface area contributed by atoms with Gasteiger partial charge in [-0.2, -0.15) is 10.2 Å². The summed E-state index contributed by atoms with van der Waals surface area (Å²) in [5.74, 6) is 0.950. The minimum Gasteiger partial charge on any atom is -0.363 e. The van der Waals surface area contributed by atoms with Crippen LogP contribution in [-0.4, -0.2) is 44.6 Å². The van der Waals surface area contributed by atoms with E-state index in [9.17, 15) is 23.2 Å². The van der Waals surface area contributed by atoms with Crippen LogP contribution in [0, 0.1) is 22.7 Å². The second-order valence-electron chi connectivity index (χ2n) is 8.19. The van der Waals surface area contributed by atoms with Crippen LogP contribution >= 0.6 is 0 Å². The summed E-state index contributed by atoms with van der Waals surface area (Å²) in [7, 11) is 1.77. The zero-order valence-electron chi connectivity index (χ0n) is 20.8. The van der Waals surface area contributed by atoms with Crippen LogP contribution in [0.5, 0.6) is 0 Å². The largest absolute Gasteiger partial charge is 0.363 e. The first-order valence-corrected chi connectivity index (χ1v) is 11.2. The quantitative estimate of drug-likeness (QED) is 0.359. The van der Waals surface area contributed by atoms with Crippen molar-refractivity contribution in [3.63, 3.8) is 0 Å². The van der Waals surface area contributed by atoms with Gasteiger partial charge in [0.1, 0.15) is 29.8 Å². The summed E-state index contributed by atoms with van der Waals surface area (Å²) in [4.78, 5) is 34.7. The van der Waals surface area contributed by atoms with Crippen LogP contribution in [0.15, 0.2) is 41.6 Å². The molecule has 0 fully saturated rings. The highest BCUT2D eigenvalue weighted by Crippen LogP contribution is 2.28. The maximum atomic E-state index is 13.0. The first-order chi connectivity index (χ1) is 17.7. The molecule has 0 aliphatic heterocycles. The van der Waals surface area contributed by atoms with Gasteiger partial charge >= 0.3 is 0 Å². The van der Waals surface area contributed by atoms with Gasteiger partial charge < -0.3 is 10.2 Å². The zero-order valence-corrected chi connectivity index (χ0v) is 20.8. The van der Waals surface area contributed by atoms with E-state index in [1.807, 2.05) is 20.8 Å². The molecule has 0 saturated carbocycles. The Morgan fingerprint density at radius 3 is 2.35 bits per heavy atom. The molecule has 0 bridgehead atoms. The maximum Gasteiger partial charge on any atom is 0.264 e. The van der Waals surface area contributed by atoms with Crippen molar-refractivity contribution in [2.24, 2.45) is 5.92 Å². The molecule has 0 aromatic carbocycles. The number of rotatable bonds is 9. The third kappa shape index (κ3) is 7.33. The molecular weight excluding hydrogens is 487 g/mol. The van der Waals surface area contributed by atoms with E-state index in [0.717, 1.165) is 5.56 Å². The number of hydrogen-bond donors (Lipinski definition) is 3. The number of aromatic amines is 1. The normalized spacial score (nSPS) is 12.1. The first kappa shape index (κ1) is 28.9. The SMILES string of the molecule is CC(Nc1nc(N(C)C(c2ncccn2)C(C)C)[nH]c(=O)c1C(=N)C#N)c1ccc(CF)nc1.FCF. The standard InChI is InChI=1S/C23H26FN9O.CH2F2/c1-13(2)19(21-27-8-5-9-28-21)33(4)23-31-20(18(17(26)11-25)22(34)32-23)30-14(3)15-6-7-16(10-24)29-12-15;2-1-3/h5-9,12-14,19,26H,10H2,1-4H3,(H2,30,31,32,34);1H2. The molecule has 3 N–H and O–H groups in total. The molecule has 2 atom stereocenters. The number of nitrogens with zero attached hydrogens (tertiary/aromatic N) is 6. The topological polar surface area (TPSA) is 147 Å². The maximum absolute atomic E-state index is 13.0. The van der Waals surface area contributed by atoms with Crippen LogP contribution in [0.2, 0.25) is 0 Å². The first-order valence-electron chi connectivity index (χ1n) is 11.2. The van der Waals surface area contributed by atoms with Gasteiger partial charge in [0, 0.05) is 25.6 Å². The van der Waals surface area contributed by atoms with Crippen molar-refractivity contribution < 1.29 is 13.2 Å². The van der Waals surface area contributed by atoms with Crippen molar-refractivity contribution in [1.82, 2.24) is 24.9 Å². The monoisotopic (exact) mass is 515 g/mol. The molecule has 0 aliphatic rings. The molecule has 0 spiro atoms. The molecular formula is C24H28F3N9O. The summed E-state index contributed by atoms with van der Waals surface area (Å²) in [6.45, 7) is 3.40. The van der Waals surface area contributed by atoms with Crippen LogP contribution < -0.4 is 15.8 Å². The second kappa shape index (κ2) is 13.7. The average Bonchev–Trinajstić information content (AvgIpc) is 2.89. The minimum absolute atomic E-state index is 0.0743. The fraction of sp³-hybridized carbons (Fsp3) is 0.375. The second-order valence-corrected chi connectivity index (χ2v) is 8.19. The van der Waals surface area contributed by atoms with Gasteiger partial charge in [0.15, 0.2) is 5.82 Å². The van der Waals surface area contributed by atoms with E-state index < -0.39 is 30.9 Å². The summed E-state index contributed by atoms with van der Waals surface area (Å²) < 4.78 is 32.1. The Morgan fingerprint density at radius 1 is 1.19 bits per heavy atom. The Hall–Kier alpha value is -4.34. The molecule has 0 amide bonds. The lowest BCUT2D eigenvalue weighted by atomic mass is 10.0. The highest BCUT2D eigenvalue weighted by Gasteiger charge is 2.27. The van der Waals surface area contributed by atoms with Gasteiger partial charge in [-0.3, -0.25) is 20.2 Å². The number of halogens is 3. The summed E-state index contributed by atoms with van der Waals surface area (Å²) in [5.41, 5.74) is -0.280. The molecule has 37 heavy (non-hydrogen) atoms. The van der Waals surface area contributed by atoms with Crippen molar-refractivity contribution in [2.75, 3.05) is 24.2 Å². The number of hydrogen-bond acceptors (Lipinski definition) is 9. The molecule has 3 heterocycles. The fourth-order valence-electron chi connectivity index (χ4n) is 3.59. The molecule has 196 valence electrons. The van der Waals surface area contributed by atoms with Crippen LogP contribution in [0.3, 0.4) is 0 Å². The Morgan fingerprint density at radius 2 is 1.84 bits per heavy atom. The van der Waals surface area contributed by atoms with Crippen LogP contribution in [0.1, 0.15) is 55.5 Å². The summed E-state index contributed by atoms with van der Waals surface area (Å²) in [6.07, 6.45) is 4.83. The number of pyridine rings is 1. The van der Waals surface area contributed by atoms with Crippen LogP contribution in [-0.2, 0) is 6.67 Å². The third-order valence-corrected chi connectivity index (χ3v) is 5.34. The molecule has 13 heteroatoms. The van der Waals surface area contributed by atoms with Crippen LogP contribution in [0.25, 0.3) is 0 Å². The van der Waals surface area contributed by atoms with E-state index in [4.69, 9.17) is 5.41 Å². The molecule has 0 saturated heterocycles. The van der Waals surface area contributed by atoms with Crippen molar-refractivity contribution in [2.45, 2.75) is 39.5 Å². The fourth-order valence-corrected chi connectivity index (χ4v) is 3.59. The lowest BCUT2D eigenvalue weighted by Crippen LogP contribution is -2.34. The Balaban J connectivity index is 0.00000153. The minimum atomic E-state index is -1.75. The molecule has 3 aromatic rings. The van der Waals surface area contributed by atoms with Crippen molar-refractivity contribution >= 4 is 17.5 Å². The lowest BCUT2D eigenvalue weighted by Gasteiger charge is -2.30. The van der Waals surface area contributed by atoms with Crippen molar-refractivity contribution in [1.29, 1.82) is 10.7 Å². The number of alkyl halides is 3. The van der Waals surface area contributed by atoms with E-state index in [-0.39, 0.29) is 29.3 Å². The summed E-state index contributed by atoms with van der Waals surface area (Å²) >= 11 is 0. The molecule has 0 aliphatic carbocycles. The summed E-state index contributed by atoms with van der Waals surface area (Å²) in [5, 5.41) is 20.4. The van der Waals surface area contributed by atoms with Crippen molar-refractivity contribution in [3.8, 4) is 6.07 Å². The molecule has 10 nitrogen and oxygen atoms in total. The lowest BCUT2D eigenvalue weighted by molar-refractivity contribution is 0.295. The van der Waals surface area contributed by atoms with E-state index >= 15 is 0 Å². The molecule has 0 radical (unpaired) electrons. The highest BCUT2D eigenvalue weighted by molar-refractivity contribution is 6.12. The smallest absolute Gasteiger partial charge is 0.264 e. The molecule has 3 rings (SSSR count). The van der Waals surface area contributed by atoms with Gasteiger partial charge in [0.2, 0.25) is 12.9 Å². The predicted molar refractivity (Wildman–Crippen MR) is 133 cm³/mol. The number of nitriles is 1. The van der Waals surface area contributed by atoms with E-state index in [2.05, 4.69) is 30.2 Å². The summed E-state index contributed by atoms with van der Waals surface area (Å²) in [6, 6.07) is 6.03. The molecule has 3 aromatic heterocycles. The zero-order chi connectivity index (χ0) is 27.5. The van der Waals surface area contributed by atoms with E-state index in [0.29, 0.717) is 11.5 Å². The Kier molecular flexibility index (Phi) is 10.7. The van der Waals surface area contributed by atoms with Crippen LogP contribution in [0.4, 0.5) is 24.9 Å². The average molecular weight is 516 g/mol. The van der Waals surface area contributed by atoms with Gasteiger partial charge in [-0.15, -0.1) is 0 Å². The van der Waals surface area contributed by atoms with E-state index in [1.54, 1.807) is 48.6 Å². The Bertz CT molecular complexity index is 1260.